The van der Waals surface area contributed by atoms with Crippen molar-refractivity contribution < 1.29 is 23.4 Å². The Morgan fingerprint density at radius 1 is 1.50 bits per heavy atom. The molecule has 1 aliphatic heterocycles. The lowest BCUT2D eigenvalue weighted by atomic mass is 10.00. The van der Waals surface area contributed by atoms with E-state index in [1.807, 2.05) is 0 Å². The van der Waals surface area contributed by atoms with Crippen LogP contribution >= 0.6 is 0 Å². The van der Waals surface area contributed by atoms with Gasteiger partial charge in [0.05, 0.1) is 23.5 Å². The molecule has 1 fully saturated rings. The first-order chi connectivity index (χ1) is 5.33. The molecule has 0 aromatic heterocycles. The van der Waals surface area contributed by atoms with Crippen LogP contribution in [0.15, 0.2) is 0 Å². The molecule has 70 valence electrons. The Labute approximate surface area is 69.9 Å². The van der Waals surface area contributed by atoms with Crippen LogP contribution in [0.5, 0.6) is 0 Å². The predicted octanol–water partition coefficient (Wildman–Crippen LogP) is -0.989. The van der Waals surface area contributed by atoms with E-state index >= 15 is 0 Å². The minimum absolute atomic E-state index is 0.0294. The summed E-state index contributed by atoms with van der Waals surface area (Å²) < 4.78 is 21.7. The van der Waals surface area contributed by atoms with Crippen molar-refractivity contribution in [3.8, 4) is 0 Å². The normalized spacial score (nSPS) is 33.4. The van der Waals surface area contributed by atoms with Crippen molar-refractivity contribution in [2.45, 2.75) is 18.4 Å². The summed E-state index contributed by atoms with van der Waals surface area (Å²) in [6.07, 6.45) is -0.464. The van der Waals surface area contributed by atoms with Crippen LogP contribution in [-0.2, 0) is 14.6 Å². The van der Waals surface area contributed by atoms with Crippen molar-refractivity contribution in [1.82, 2.24) is 0 Å². The summed E-state index contributed by atoms with van der Waals surface area (Å²) in [6.45, 7) is 0. The van der Waals surface area contributed by atoms with Gasteiger partial charge in [0, 0.05) is 0 Å². The number of rotatable bonds is 2. The van der Waals surface area contributed by atoms with E-state index in [-0.39, 0.29) is 12.2 Å². The number of carbonyl (C=O) groups is 1. The molecule has 0 spiro atoms. The van der Waals surface area contributed by atoms with Crippen molar-refractivity contribution in [1.29, 1.82) is 0 Å². The quantitative estimate of drug-likeness (QED) is 0.589. The Morgan fingerprint density at radius 2 is 2.08 bits per heavy atom. The molecule has 1 heterocycles. The molecule has 0 aliphatic carbocycles. The lowest BCUT2D eigenvalue weighted by Gasteiger charge is -2.16. The van der Waals surface area contributed by atoms with Crippen molar-refractivity contribution >= 4 is 15.8 Å². The number of aliphatic hydroxyl groups is 1. The fraction of sp³-hybridized carbons (Fsp3) is 0.833. The van der Waals surface area contributed by atoms with Gasteiger partial charge in [0.1, 0.15) is 0 Å². The van der Waals surface area contributed by atoms with Crippen LogP contribution in [0.1, 0.15) is 12.8 Å². The molecule has 0 saturated carbocycles. The molecule has 1 aliphatic rings. The standard InChI is InChI=1S/C6H10O5S/c7-5(8)3-6(9)1-2-12(10,11)4-6/h9H,1-4H2,(H,7,8)/t6-/m0/s1. The number of hydrogen-bond donors (Lipinski definition) is 2. The maximum atomic E-state index is 10.9. The number of sulfone groups is 1. The molecule has 2 N–H and O–H groups in total. The number of carboxylic acids is 1. The number of aliphatic carboxylic acids is 1. The molecule has 12 heavy (non-hydrogen) atoms. The number of hydrogen-bond acceptors (Lipinski definition) is 4. The first-order valence-corrected chi connectivity index (χ1v) is 5.30. The Kier molecular flexibility index (Phi) is 2.13. The largest absolute Gasteiger partial charge is 0.481 e. The molecule has 5 nitrogen and oxygen atoms in total. The van der Waals surface area contributed by atoms with Gasteiger partial charge in [0.15, 0.2) is 9.84 Å². The molecule has 0 bridgehead atoms. The molecule has 0 aromatic carbocycles. The number of carboxylic acid groups (broad SMARTS) is 1. The molecule has 1 atom stereocenters. The highest BCUT2D eigenvalue weighted by molar-refractivity contribution is 7.91. The van der Waals surface area contributed by atoms with Gasteiger partial charge in [0.25, 0.3) is 0 Å². The molecule has 1 rings (SSSR count). The summed E-state index contributed by atoms with van der Waals surface area (Å²) in [5.74, 6) is -1.71. The Balaban J connectivity index is 2.71. The van der Waals surface area contributed by atoms with Crippen molar-refractivity contribution in [3.05, 3.63) is 0 Å². The van der Waals surface area contributed by atoms with Crippen LogP contribution in [0.4, 0.5) is 0 Å². The summed E-state index contributed by atoms with van der Waals surface area (Å²) in [4.78, 5) is 10.2. The molecule has 0 amide bonds. The molecule has 0 unspecified atom stereocenters. The predicted molar refractivity (Wildman–Crippen MR) is 40.5 cm³/mol. The zero-order chi connectivity index (χ0) is 9.41. The third-order valence-electron chi connectivity index (χ3n) is 1.85. The molecule has 0 aromatic rings. The van der Waals surface area contributed by atoms with E-state index in [1.54, 1.807) is 0 Å². The zero-order valence-electron chi connectivity index (χ0n) is 6.36. The molecule has 1 saturated heterocycles. The lowest BCUT2D eigenvalue weighted by molar-refractivity contribution is -0.141. The van der Waals surface area contributed by atoms with Gasteiger partial charge in [0.2, 0.25) is 0 Å². The third kappa shape index (κ3) is 2.18. The van der Waals surface area contributed by atoms with E-state index in [0.717, 1.165) is 0 Å². The highest BCUT2D eigenvalue weighted by atomic mass is 32.2. The SMILES string of the molecule is O=C(O)C[C@@]1(O)CCS(=O)(=O)C1. The second-order valence-electron chi connectivity index (χ2n) is 3.14. The van der Waals surface area contributed by atoms with Gasteiger partial charge in [-0.1, -0.05) is 0 Å². The lowest BCUT2D eigenvalue weighted by Crippen LogP contribution is -2.32. The van der Waals surface area contributed by atoms with Gasteiger partial charge in [-0.2, -0.15) is 0 Å². The fourth-order valence-electron chi connectivity index (χ4n) is 1.32. The van der Waals surface area contributed by atoms with Gasteiger partial charge in [-0.15, -0.1) is 0 Å². The maximum Gasteiger partial charge on any atom is 0.306 e. The van der Waals surface area contributed by atoms with Crippen molar-refractivity contribution in [2.24, 2.45) is 0 Å². The summed E-state index contributed by atoms with van der Waals surface area (Å²) in [7, 11) is -3.21. The van der Waals surface area contributed by atoms with E-state index in [1.165, 1.54) is 0 Å². The van der Waals surface area contributed by atoms with Gasteiger partial charge >= 0.3 is 5.97 Å². The van der Waals surface area contributed by atoms with E-state index < -0.39 is 33.6 Å². The van der Waals surface area contributed by atoms with Gasteiger partial charge in [-0.3, -0.25) is 4.79 Å². The fourth-order valence-corrected chi connectivity index (χ4v) is 3.22. The van der Waals surface area contributed by atoms with E-state index in [4.69, 9.17) is 5.11 Å². The second kappa shape index (κ2) is 2.70. The van der Waals surface area contributed by atoms with Crippen LogP contribution in [0.25, 0.3) is 0 Å². The van der Waals surface area contributed by atoms with Crippen LogP contribution in [0.3, 0.4) is 0 Å². The van der Waals surface area contributed by atoms with E-state index in [2.05, 4.69) is 0 Å². The van der Waals surface area contributed by atoms with Crippen LogP contribution in [-0.4, -0.2) is 41.7 Å². The maximum absolute atomic E-state index is 10.9. The first-order valence-electron chi connectivity index (χ1n) is 3.48. The van der Waals surface area contributed by atoms with Crippen LogP contribution in [0, 0.1) is 0 Å². The van der Waals surface area contributed by atoms with Crippen molar-refractivity contribution in [3.63, 3.8) is 0 Å². The molecule has 0 radical (unpaired) electrons. The summed E-state index contributed by atoms with van der Waals surface area (Å²) in [6, 6.07) is 0. The second-order valence-corrected chi connectivity index (χ2v) is 5.32. The van der Waals surface area contributed by atoms with Gasteiger partial charge in [-0.25, -0.2) is 8.42 Å². The average molecular weight is 194 g/mol. The zero-order valence-corrected chi connectivity index (χ0v) is 7.17. The third-order valence-corrected chi connectivity index (χ3v) is 3.65. The average Bonchev–Trinajstić information content (AvgIpc) is 2.03. The summed E-state index contributed by atoms with van der Waals surface area (Å²) in [5.41, 5.74) is -1.54. The topological polar surface area (TPSA) is 91.7 Å². The van der Waals surface area contributed by atoms with Crippen molar-refractivity contribution in [2.75, 3.05) is 11.5 Å². The minimum Gasteiger partial charge on any atom is -0.481 e. The smallest absolute Gasteiger partial charge is 0.306 e. The summed E-state index contributed by atoms with van der Waals surface area (Å²) >= 11 is 0. The Bertz CT molecular complexity index is 293. The van der Waals surface area contributed by atoms with E-state index in [9.17, 15) is 18.3 Å². The minimum atomic E-state index is -3.21. The van der Waals surface area contributed by atoms with E-state index in [0.29, 0.717) is 0 Å². The Morgan fingerprint density at radius 3 is 2.42 bits per heavy atom. The molecular weight excluding hydrogens is 184 g/mol. The Hall–Kier alpha value is -0.620. The van der Waals surface area contributed by atoms with Crippen LogP contribution in [0.2, 0.25) is 0 Å². The highest BCUT2D eigenvalue weighted by Crippen LogP contribution is 2.26. The first kappa shape index (κ1) is 9.47. The summed E-state index contributed by atoms with van der Waals surface area (Å²) in [5, 5.41) is 17.8. The molecular formula is C6H10O5S. The van der Waals surface area contributed by atoms with Gasteiger partial charge in [-0.05, 0) is 6.42 Å². The monoisotopic (exact) mass is 194 g/mol. The molecule has 6 heteroatoms. The highest BCUT2D eigenvalue weighted by Gasteiger charge is 2.41. The van der Waals surface area contributed by atoms with Crippen LogP contribution < -0.4 is 0 Å². The van der Waals surface area contributed by atoms with Gasteiger partial charge < -0.3 is 10.2 Å².